The molecule has 0 spiro atoms. The molecule has 2 rings (SSSR count). The van der Waals surface area contributed by atoms with Crippen LogP contribution in [-0.2, 0) is 6.54 Å². The van der Waals surface area contributed by atoms with Gasteiger partial charge in [-0.3, -0.25) is 4.90 Å². The van der Waals surface area contributed by atoms with E-state index >= 15 is 0 Å². The van der Waals surface area contributed by atoms with E-state index in [0.29, 0.717) is 6.54 Å². The van der Waals surface area contributed by atoms with Crippen molar-refractivity contribution in [2.24, 2.45) is 5.73 Å². The minimum Gasteiger partial charge on any atom is -0.492 e. The fraction of sp³-hybridized carbons (Fsp3) is 0.600. The number of aliphatic hydroxyl groups is 1. The Labute approximate surface area is 115 Å². The van der Waals surface area contributed by atoms with Gasteiger partial charge in [-0.1, -0.05) is 18.2 Å². The fourth-order valence-electron chi connectivity index (χ4n) is 2.36. The van der Waals surface area contributed by atoms with Crippen molar-refractivity contribution in [2.45, 2.75) is 31.9 Å². The summed E-state index contributed by atoms with van der Waals surface area (Å²) in [5, 5.41) is 9.90. The summed E-state index contributed by atoms with van der Waals surface area (Å²) in [5.41, 5.74) is 6.04. The maximum absolute atomic E-state index is 9.90. The zero-order chi connectivity index (χ0) is 13.7. The number of nitrogens with zero attached hydrogens (tertiary/aromatic N) is 1. The highest BCUT2D eigenvalue weighted by Gasteiger charge is 2.19. The Hall–Kier alpha value is -1.10. The Morgan fingerprint density at radius 1 is 1.42 bits per heavy atom. The smallest absolute Gasteiger partial charge is 0.123 e. The fourth-order valence-corrected chi connectivity index (χ4v) is 2.36. The molecule has 0 amide bonds. The number of ether oxygens (including phenoxy) is 1. The maximum Gasteiger partial charge on any atom is 0.123 e. The van der Waals surface area contributed by atoms with Crippen molar-refractivity contribution >= 4 is 0 Å². The molecule has 0 aliphatic carbocycles. The molecular weight excluding hydrogens is 240 g/mol. The van der Waals surface area contributed by atoms with E-state index in [-0.39, 0.29) is 0 Å². The van der Waals surface area contributed by atoms with Gasteiger partial charge in [0.15, 0.2) is 0 Å². The highest BCUT2D eigenvalue weighted by Crippen LogP contribution is 2.22. The number of hydrogen-bond donors (Lipinski definition) is 2. The molecule has 1 aromatic carbocycles. The van der Waals surface area contributed by atoms with Crippen LogP contribution in [0.5, 0.6) is 5.75 Å². The van der Waals surface area contributed by atoms with Crippen LogP contribution in [0.3, 0.4) is 0 Å². The quantitative estimate of drug-likeness (QED) is 0.843. The molecule has 19 heavy (non-hydrogen) atoms. The van der Waals surface area contributed by atoms with Gasteiger partial charge in [-0.15, -0.1) is 0 Å². The van der Waals surface area contributed by atoms with Gasteiger partial charge in [0, 0.05) is 25.2 Å². The third-order valence-electron chi connectivity index (χ3n) is 3.66. The number of hydrogen-bond acceptors (Lipinski definition) is 4. The normalized spacial score (nSPS) is 19.1. The second-order valence-corrected chi connectivity index (χ2v) is 5.54. The molecule has 1 aliphatic heterocycles. The molecular formula is C15H24N2O2. The molecule has 0 saturated carbocycles. The second kappa shape index (κ2) is 6.37. The van der Waals surface area contributed by atoms with Crippen LogP contribution >= 0.6 is 0 Å². The number of para-hydroxylation sites is 1. The van der Waals surface area contributed by atoms with Crippen molar-refractivity contribution in [3.8, 4) is 5.75 Å². The standard InChI is InChI=1S/C15H24N2O2/c1-15(18,12-16)7-4-8-17-9-10-19-14-6-3-2-5-13(14)11-17/h2-3,5-6,18H,4,7-12,16H2,1H3. The summed E-state index contributed by atoms with van der Waals surface area (Å²) >= 11 is 0. The van der Waals surface area contributed by atoms with Crippen molar-refractivity contribution in [3.05, 3.63) is 29.8 Å². The SMILES string of the molecule is CC(O)(CN)CCCN1CCOc2ccccc2C1. The van der Waals surface area contributed by atoms with Gasteiger partial charge in [0.2, 0.25) is 0 Å². The molecule has 106 valence electrons. The first-order chi connectivity index (χ1) is 9.11. The van der Waals surface area contributed by atoms with Gasteiger partial charge in [-0.05, 0) is 32.4 Å². The molecule has 4 heteroatoms. The lowest BCUT2D eigenvalue weighted by atomic mass is 10.0. The van der Waals surface area contributed by atoms with Crippen molar-refractivity contribution in [3.63, 3.8) is 0 Å². The highest BCUT2D eigenvalue weighted by atomic mass is 16.5. The van der Waals surface area contributed by atoms with Gasteiger partial charge in [0.1, 0.15) is 12.4 Å². The summed E-state index contributed by atoms with van der Waals surface area (Å²) in [5.74, 6) is 0.999. The Kier molecular flexibility index (Phi) is 4.80. The van der Waals surface area contributed by atoms with Crippen LogP contribution in [0, 0.1) is 0 Å². The molecule has 1 unspecified atom stereocenters. The van der Waals surface area contributed by atoms with Crippen LogP contribution in [0.25, 0.3) is 0 Å². The predicted molar refractivity (Wildman–Crippen MR) is 76.1 cm³/mol. The Morgan fingerprint density at radius 3 is 3.00 bits per heavy atom. The first kappa shape index (κ1) is 14.3. The van der Waals surface area contributed by atoms with E-state index in [1.165, 1.54) is 5.56 Å². The third-order valence-corrected chi connectivity index (χ3v) is 3.66. The summed E-state index contributed by atoms with van der Waals surface area (Å²) in [6.07, 6.45) is 1.69. The summed E-state index contributed by atoms with van der Waals surface area (Å²) < 4.78 is 5.74. The molecule has 0 fully saturated rings. The van der Waals surface area contributed by atoms with E-state index in [1.54, 1.807) is 6.92 Å². The summed E-state index contributed by atoms with van der Waals surface area (Å²) in [4.78, 5) is 2.37. The van der Waals surface area contributed by atoms with Crippen LogP contribution in [0.15, 0.2) is 24.3 Å². The van der Waals surface area contributed by atoms with E-state index in [9.17, 15) is 5.11 Å². The van der Waals surface area contributed by atoms with E-state index in [0.717, 1.165) is 44.8 Å². The second-order valence-electron chi connectivity index (χ2n) is 5.54. The number of fused-ring (bicyclic) bond motifs is 1. The molecule has 4 nitrogen and oxygen atoms in total. The van der Waals surface area contributed by atoms with Crippen molar-refractivity contribution in [1.29, 1.82) is 0 Å². The lowest BCUT2D eigenvalue weighted by Gasteiger charge is -2.24. The van der Waals surface area contributed by atoms with Crippen LogP contribution in [0.1, 0.15) is 25.3 Å². The third kappa shape index (κ3) is 4.20. The van der Waals surface area contributed by atoms with Gasteiger partial charge >= 0.3 is 0 Å². The predicted octanol–water partition coefficient (Wildman–Crippen LogP) is 1.37. The van der Waals surface area contributed by atoms with E-state index < -0.39 is 5.60 Å². The molecule has 0 radical (unpaired) electrons. The monoisotopic (exact) mass is 264 g/mol. The molecule has 1 heterocycles. The largest absolute Gasteiger partial charge is 0.492 e. The minimum absolute atomic E-state index is 0.318. The topological polar surface area (TPSA) is 58.7 Å². The lowest BCUT2D eigenvalue weighted by molar-refractivity contribution is 0.0539. The van der Waals surface area contributed by atoms with Crippen LogP contribution < -0.4 is 10.5 Å². The Bertz CT molecular complexity index is 407. The first-order valence-electron chi connectivity index (χ1n) is 6.96. The molecule has 1 atom stereocenters. The maximum atomic E-state index is 9.90. The summed E-state index contributed by atoms with van der Waals surface area (Å²) in [6, 6.07) is 8.19. The molecule has 0 bridgehead atoms. The lowest BCUT2D eigenvalue weighted by Crippen LogP contribution is -2.35. The van der Waals surface area contributed by atoms with E-state index in [4.69, 9.17) is 10.5 Å². The van der Waals surface area contributed by atoms with Gasteiger partial charge < -0.3 is 15.6 Å². The van der Waals surface area contributed by atoms with Gasteiger partial charge in [0.05, 0.1) is 5.60 Å². The van der Waals surface area contributed by atoms with Crippen molar-refractivity contribution in [1.82, 2.24) is 4.90 Å². The van der Waals surface area contributed by atoms with Crippen LogP contribution in [0.4, 0.5) is 0 Å². The number of nitrogens with two attached hydrogens (primary N) is 1. The van der Waals surface area contributed by atoms with Gasteiger partial charge in [-0.2, -0.15) is 0 Å². The molecule has 1 aromatic rings. The highest BCUT2D eigenvalue weighted by molar-refractivity contribution is 5.33. The molecule has 0 aromatic heterocycles. The van der Waals surface area contributed by atoms with E-state index in [2.05, 4.69) is 11.0 Å². The van der Waals surface area contributed by atoms with Crippen LogP contribution in [0.2, 0.25) is 0 Å². The number of rotatable bonds is 5. The summed E-state index contributed by atoms with van der Waals surface area (Å²) in [6.45, 7) is 5.66. The number of benzene rings is 1. The molecule has 0 saturated heterocycles. The molecule has 1 aliphatic rings. The average molecular weight is 264 g/mol. The van der Waals surface area contributed by atoms with Gasteiger partial charge in [-0.25, -0.2) is 0 Å². The Balaban J connectivity index is 1.86. The van der Waals surface area contributed by atoms with E-state index in [1.807, 2.05) is 18.2 Å². The first-order valence-corrected chi connectivity index (χ1v) is 6.96. The van der Waals surface area contributed by atoms with Gasteiger partial charge in [0.25, 0.3) is 0 Å². The minimum atomic E-state index is -0.736. The average Bonchev–Trinajstić information content (AvgIpc) is 2.60. The van der Waals surface area contributed by atoms with Crippen molar-refractivity contribution in [2.75, 3.05) is 26.2 Å². The zero-order valence-electron chi connectivity index (χ0n) is 11.6. The zero-order valence-corrected chi connectivity index (χ0v) is 11.6. The summed E-state index contributed by atoms with van der Waals surface area (Å²) in [7, 11) is 0. The van der Waals surface area contributed by atoms with Crippen molar-refractivity contribution < 1.29 is 9.84 Å². The molecule has 3 N–H and O–H groups in total. The Morgan fingerprint density at radius 2 is 2.21 bits per heavy atom. The van der Waals surface area contributed by atoms with Crippen LogP contribution in [-0.4, -0.2) is 41.8 Å².